The van der Waals surface area contributed by atoms with Gasteiger partial charge in [0.25, 0.3) is 0 Å². The number of likely N-dealkylation sites (tertiary alicyclic amines) is 1. The second-order valence-electron chi connectivity index (χ2n) is 6.87. The van der Waals surface area contributed by atoms with Crippen molar-refractivity contribution >= 4 is 11.9 Å². The third-order valence-electron chi connectivity index (χ3n) is 4.56. The molecule has 0 bridgehead atoms. The number of carbonyl (C=O) groups is 1. The first-order valence-corrected chi connectivity index (χ1v) is 10.5. The molecule has 0 aromatic rings. The van der Waals surface area contributed by atoms with Crippen molar-refractivity contribution in [1.82, 2.24) is 10.2 Å². The molecule has 0 aromatic carbocycles. The largest absolute Gasteiger partial charge is 0.466 e. The monoisotopic (exact) mass is 385 g/mol. The molecule has 27 heavy (non-hydrogen) atoms. The van der Waals surface area contributed by atoms with Crippen molar-refractivity contribution in [2.24, 2.45) is 10.9 Å². The number of ether oxygens (including phenoxy) is 3. The van der Waals surface area contributed by atoms with Gasteiger partial charge in [-0.25, -0.2) is 0 Å². The zero-order valence-electron chi connectivity index (χ0n) is 17.5. The zero-order chi connectivity index (χ0) is 19.7. The van der Waals surface area contributed by atoms with E-state index < -0.39 is 0 Å². The highest BCUT2D eigenvalue weighted by atomic mass is 16.5. The normalized spacial score (nSPS) is 17.4. The van der Waals surface area contributed by atoms with Gasteiger partial charge in [-0.05, 0) is 33.1 Å². The molecule has 0 aliphatic carbocycles. The summed E-state index contributed by atoms with van der Waals surface area (Å²) in [5.41, 5.74) is 0. The van der Waals surface area contributed by atoms with E-state index >= 15 is 0 Å². The maximum absolute atomic E-state index is 11.3. The smallest absolute Gasteiger partial charge is 0.305 e. The zero-order valence-corrected chi connectivity index (χ0v) is 17.5. The van der Waals surface area contributed by atoms with Gasteiger partial charge >= 0.3 is 5.97 Å². The summed E-state index contributed by atoms with van der Waals surface area (Å²) in [7, 11) is 1.69. The predicted octanol–water partition coefficient (Wildman–Crippen LogP) is 2.45. The number of esters is 1. The average Bonchev–Trinajstić information content (AvgIpc) is 3.12. The summed E-state index contributed by atoms with van der Waals surface area (Å²) >= 11 is 0. The Labute approximate surface area is 164 Å². The number of rotatable bonds is 14. The number of hydrogen-bond donors (Lipinski definition) is 1. The van der Waals surface area contributed by atoms with Gasteiger partial charge in [0.05, 0.1) is 26.4 Å². The van der Waals surface area contributed by atoms with E-state index in [0.717, 1.165) is 70.8 Å². The molecule has 1 atom stereocenters. The third kappa shape index (κ3) is 11.2. The first-order chi connectivity index (χ1) is 13.2. The second kappa shape index (κ2) is 15.7. The van der Waals surface area contributed by atoms with Crippen LogP contribution in [-0.2, 0) is 19.0 Å². The van der Waals surface area contributed by atoms with Crippen LogP contribution in [0.15, 0.2) is 4.99 Å². The first kappa shape index (κ1) is 23.7. The topological polar surface area (TPSA) is 72.4 Å². The molecule has 7 heteroatoms. The predicted molar refractivity (Wildman–Crippen MR) is 108 cm³/mol. The van der Waals surface area contributed by atoms with E-state index in [1.54, 1.807) is 7.11 Å². The van der Waals surface area contributed by atoms with E-state index in [2.05, 4.69) is 17.1 Å². The van der Waals surface area contributed by atoms with Gasteiger partial charge in [-0.1, -0.05) is 12.8 Å². The Balaban J connectivity index is 2.21. The van der Waals surface area contributed by atoms with Crippen molar-refractivity contribution in [3.63, 3.8) is 0 Å². The van der Waals surface area contributed by atoms with Gasteiger partial charge in [0.2, 0.25) is 0 Å². The van der Waals surface area contributed by atoms with Crippen LogP contribution in [0.25, 0.3) is 0 Å². The highest BCUT2D eigenvalue weighted by molar-refractivity contribution is 5.80. The standard InChI is InChI=1S/C20H39N3O4/c1-4-21-20(22-12-9-7-6-8-10-19(24)27-5-2)23-13-11-18(16-23)17-26-15-14-25-3/h18H,4-17H2,1-3H3,(H,21,22). The van der Waals surface area contributed by atoms with Crippen molar-refractivity contribution in [1.29, 1.82) is 0 Å². The molecule has 158 valence electrons. The minimum atomic E-state index is -0.0836. The fourth-order valence-corrected chi connectivity index (χ4v) is 3.13. The molecule has 0 saturated carbocycles. The van der Waals surface area contributed by atoms with Gasteiger partial charge in [-0.3, -0.25) is 9.79 Å². The summed E-state index contributed by atoms with van der Waals surface area (Å²) in [6, 6.07) is 0. The Kier molecular flexibility index (Phi) is 13.8. The molecule has 1 heterocycles. The number of nitrogens with one attached hydrogen (secondary N) is 1. The van der Waals surface area contributed by atoms with Crippen LogP contribution in [0.3, 0.4) is 0 Å². The van der Waals surface area contributed by atoms with Gasteiger partial charge in [-0.15, -0.1) is 0 Å². The number of aliphatic imine (C=N–C) groups is 1. The number of guanidine groups is 1. The van der Waals surface area contributed by atoms with E-state index in [-0.39, 0.29) is 5.97 Å². The minimum absolute atomic E-state index is 0.0836. The van der Waals surface area contributed by atoms with Crippen molar-refractivity contribution in [3.05, 3.63) is 0 Å². The van der Waals surface area contributed by atoms with Gasteiger partial charge < -0.3 is 24.4 Å². The summed E-state index contributed by atoms with van der Waals surface area (Å²) in [5.74, 6) is 1.50. The number of carbonyl (C=O) groups excluding carboxylic acids is 1. The fraction of sp³-hybridized carbons (Fsp3) is 0.900. The van der Waals surface area contributed by atoms with Crippen molar-refractivity contribution in [2.45, 2.75) is 52.4 Å². The number of methoxy groups -OCH3 is 1. The van der Waals surface area contributed by atoms with Gasteiger partial charge in [0.15, 0.2) is 5.96 Å². The summed E-state index contributed by atoms with van der Waals surface area (Å²) in [6.07, 6.45) is 5.77. The van der Waals surface area contributed by atoms with E-state index in [4.69, 9.17) is 19.2 Å². The van der Waals surface area contributed by atoms with Crippen LogP contribution < -0.4 is 5.32 Å². The molecule has 0 radical (unpaired) electrons. The molecule has 1 fully saturated rings. The van der Waals surface area contributed by atoms with Gasteiger partial charge in [0, 0.05) is 45.6 Å². The molecular formula is C20H39N3O4. The van der Waals surface area contributed by atoms with E-state index in [1.165, 1.54) is 0 Å². The Morgan fingerprint density at radius 3 is 2.74 bits per heavy atom. The van der Waals surface area contributed by atoms with Crippen molar-refractivity contribution in [2.75, 3.05) is 59.7 Å². The number of nitrogens with zero attached hydrogens (tertiary/aromatic N) is 2. The third-order valence-corrected chi connectivity index (χ3v) is 4.56. The highest BCUT2D eigenvalue weighted by Crippen LogP contribution is 2.16. The molecule has 0 spiro atoms. The van der Waals surface area contributed by atoms with Crippen molar-refractivity contribution < 1.29 is 19.0 Å². The maximum atomic E-state index is 11.3. The first-order valence-electron chi connectivity index (χ1n) is 10.5. The lowest BCUT2D eigenvalue weighted by Gasteiger charge is -2.21. The highest BCUT2D eigenvalue weighted by Gasteiger charge is 2.24. The van der Waals surface area contributed by atoms with Gasteiger partial charge in [0.1, 0.15) is 0 Å². The maximum Gasteiger partial charge on any atom is 0.305 e. The molecular weight excluding hydrogens is 346 g/mol. The Morgan fingerprint density at radius 2 is 2.00 bits per heavy atom. The molecule has 0 amide bonds. The molecule has 0 aromatic heterocycles. The Hall–Kier alpha value is -1.34. The summed E-state index contributed by atoms with van der Waals surface area (Å²) in [5, 5.41) is 3.41. The fourth-order valence-electron chi connectivity index (χ4n) is 3.13. The number of hydrogen-bond acceptors (Lipinski definition) is 5. The minimum Gasteiger partial charge on any atom is -0.466 e. The Bertz CT molecular complexity index is 418. The lowest BCUT2D eigenvalue weighted by atomic mass is 10.1. The second-order valence-corrected chi connectivity index (χ2v) is 6.87. The van der Waals surface area contributed by atoms with Crippen LogP contribution in [0.2, 0.25) is 0 Å². The van der Waals surface area contributed by atoms with E-state index in [0.29, 0.717) is 32.2 Å². The number of unbranched alkanes of at least 4 members (excludes halogenated alkanes) is 3. The quantitative estimate of drug-likeness (QED) is 0.214. The molecule has 1 N–H and O–H groups in total. The molecule has 1 unspecified atom stereocenters. The summed E-state index contributed by atoms with van der Waals surface area (Å²) < 4.78 is 15.6. The van der Waals surface area contributed by atoms with Gasteiger partial charge in [-0.2, -0.15) is 0 Å². The average molecular weight is 386 g/mol. The molecule has 1 aliphatic rings. The van der Waals surface area contributed by atoms with Crippen LogP contribution >= 0.6 is 0 Å². The lowest BCUT2D eigenvalue weighted by molar-refractivity contribution is -0.143. The SMILES string of the molecule is CCNC(=NCCCCCCC(=O)OCC)N1CCC(COCCOC)C1. The molecule has 1 saturated heterocycles. The molecule has 1 aliphatic heterocycles. The van der Waals surface area contributed by atoms with E-state index in [1.807, 2.05) is 6.92 Å². The van der Waals surface area contributed by atoms with Crippen LogP contribution in [0, 0.1) is 5.92 Å². The van der Waals surface area contributed by atoms with E-state index in [9.17, 15) is 4.79 Å². The van der Waals surface area contributed by atoms with Crippen LogP contribution in [0.1, 0.15) is 52.4 Å². The van der Waals surface area contributed by atoms with Crippen LogP contribution in [-0.4, -0.2) is 76.5 Å². The Morgan fingerprint density at radius 1 is 1.19 bits per heavy atom. The summed E-state index contributed by atoms with van der Waals surface area (Å²) in [4.78, 5) is 18.4. The van der Waals surface area contributed by atoms with Crippen LogP contribution in [0.4, 0.5) is 0 Å². The van der Waals surface area contributed by atoms with Crippen molar-refractivity contribution in [3.8, 4) is 0 Å². The summed E-state index contributed by atoms with van der Waals surface area (Å²) in [6.45, 7) is 10.3. The molecule has 1 rings (SSSR count). The lowest BCUT2D eigenvalue weighted by Crippen LogP contribution is -2.40. The van der Waals surface area contributed by atoms with Crippen LogP contribution in [0.5, 0.6) is 0 Å². The molecule has 7 nitrogen and oxygen atoms in total.